The average Bonchev–Trinajstić information content (AvgIpc) is 2.82. The molecule has 3 aliphatic heterocycles. The van der Waals surface area contributed by atoms with Crippen LogP contribution >= 0.6 is 0 Å². The highest BCUT2D eigenvalue weighted by Crippen LogP contribution is 2.29. The number of methoxy groups -OCH3 is 1. The van der Waals surface area contributed by atoms with Crippen molar-refractivity contribution < 1.29 is 28.9 Å². The summed E-state index contributed by atoms with van der Waals surface area (Å²) >= 11 is 0. The molecular weight excluding hydrogens is 440 g/mol. The molecule has 2 N–H and O–H groups in total. The van der Waals surface area contributed by atoms with Crippen LogP contribution in [0.5, 0.6) is 5.75 Å². The summed E-state index contributed by atoms with van der Waals surface area (Å²) in [4.78, 5) is 31.8. The van der Waals surface area contributed by atoms with Gasteiger partial charge in [-0.1, -0.05) is 0 Å². The van der Waals surface area contributed by atoms with Crippen molar-refractivity contribution in [2.75, 3.05) is 65.4 Å². The first-order valence-electron chi connectivity index (χ1n) is 12.0. The highest BCUT2D eigenvalue weighted by Gasteiger charge is 2.40. The first kappa shape index (κ1) is 24.7. The molecule has 3 heterocycles. The second-order valence-electron chi connectivity index (χ2n) is 9.33. The smallest absolute Gasteiger partial charge is 0.322 e. The van der Waals surface area contributed by atoms with E-state index in [1.54, 1.807) is 36.3 Å². The van der Waals surface area contributed by atoms with Gasteiger partial charge in [0.15, 0.2) is 0 Å². The number of urea groups is 1. The molecule has 1 aromatic rings. The van der Waals surface area contributed by atoms with Crippen LogP contribution in [0, 0.1) is 0 Å². The molecular formula is C24H36N4O6. The number of carbonyl (C=O) groups is 2. The number of anilines is 1. The summed E-state index contributed by atoms with van der Waals surface area (Å²) in [6, 6.07) is 6.56. The lowest BCUT2D eigenvalue weighted by molar-refractivity contribution is -0.155. The molecule has 0 radical (unpaired) electrons. The molecule has 1 aromatic carbocycles. The van der Waals surface area contributed by atoms with Crippen LogP contribution in [0.15, 0.2) is 24.3 Å². The number of nitrogens with one attached hydrogen (secondary N) is 1. The van der Waals surface area contributed by atoms with E-state index in [-0.39, 0.29) is 49.9 Å². The van der Waals surface area contributed by atoms with Gasteiger partial charge in [-0.25, -0.2) is 4.79 Å². The first-order valence-corrected chi connectivity index (χ1v) is 12.0. The zero-order chi connectivity index (χ0) is 24.1. The van der Waals surface area contributed by atoms with E-state index in [0.29, 0.717) is 30.7 Å². The molecule has 0 aliphatic carbocycles. The Labute approximate surface area is 200 Å². The first-order chi connectivity index (χ1) is 16.4. The van der Waals surface area contributed by atoms with Crippen molar-refractivity contribution in [1.29, 1.82) is 0 Å². The molecule has 3 saturated heterocycles. The van der Waals surface area contributed by atoms with E-state index in [4.69, 9.17) is 14.2 Å². The Balaban J connectivity index is 1.38. The molecule has 4 atom stereocenters. The third-order valence-electron chi connectivity index (χ3n) is 6.84. The highest BCUT2D eigenvalue weighted by molar-refractivity contribution is 5.89. The van der Waals surface area contributed by atoms with E-state index < -0.39 is 6.10 Å². The van der Waals surface area contributed by atoms with E-state index in [0.717, 1.165) is 26.2 Å². The number of aliphatic hydroxyl groups excluding tert-OH is 1. The molecule has 10 heteroatoms. The Morgan fingerprint density at radius 1 is 1.12 bits per heavy atom. The van der Waals surface area contributed by atoms with Gasteiger partial charge in [0.05, 0.1) is 51.5 Å². The van der Waals surface area contributed by atoms with E-state index in [9.17, 15) is 14.7 Å². The van der Waals surface area contributed by atoms with Crippen molar-refractivity contribution in [1.82, 2.24) is 14.7 Å². The Morgan fingerprint density at radius 2 is 1.85 bits per heavy atom. The maximum absolute atomic E-state index is 13.2. The fraction of sp³-hybridized carbons (Fsp3) is 0.667. The van der Waals surface area contributed by atoms with Gasteiger partial charge in [-0.15, -0.1) is 0 Å². The summed E-state index contributed by atoms with van der Waals surface area (Å²) in [6.07, 6.45) is 0.355. The van der Waals surface area contributed by atoms with Crippen LogP contribution in [0.2, 0.25) is 0 Å². The maximum Gasteiger partial charge on any atom is 0.322 e. The van der Waals surface area contributed by atoms with E-state index >= 15 is 0 Å². The van der Waals surface area contributed by atoms with Gasteiger partial charge in [-0.05, 0) is 44.2 Å². The number of ether oxygens (including phenoxy) is 3. The number of hydrogen-bond donors (Lipinski definition) is 2. The van der Waals surface area contributed by atoms with Crippen LogP contribution in [-0.2, 0) is 14.3 Å². The fourth-order valence-corrected chi connectivity index (χ4v) is 4.82. The third-order valence-corrected chi connectivity index (χ3v) is 6.84. The van der Waals surface area contributed by atoms with Crippen molar-refractivity contribution in [2.45, 2.75) is 43.6 Å². The highest BCUT2D eigenvalue weighted by atomic mass is 16.5. The average molecular weight is 477 g/mol. The SMILES string of the molecule is COc1ccc(NC(=O)N2C[C@@H](O)COC[C@H]3O[C@H](CC(=O)N4CCN(C)CC4)CC[C@@H]32)cc1. The molecule has 0 spiro atoms. The number of carbonyl (C=O) groups excluding carboxylic acids is 2. The summed E-state index contributed by atoms with van der Waals surface area (Å²) in [5, 5.41) is 13.2. The number of nitrogens with zero attached hydrogens (tertiary/aromatic N) is 3. The second kappa shape index (κ2) is 11.4. The summed E-state index contributed by atoms with van der Waals surface area (Å²) < 4.78 is 17.1. The van der Waals surface area contributed by atoms with Gasteiger partial charge in [-0.3, -0.25) is 4.79 Å². The molecule has 4 rings (SSSR count). The minimum atomic E-state index is -0.779. The molecule has 0 aromatic heterocycles. The third kappa shape index (κ3) is 6.18. The number of fused-ring (bicyclic) bond motifs is 1. The zero-order valence-electron chi connectivity index (χ0n) is 20.0. The largest absolute Gasteiger partial charge is 0.497 e. The number of β-amino-alcohol motifs (C(OH)–C–C–N with tert-alkyl or cyclic N) is 1. The van der Waals surface area contributed by atoms with Crippen LogP contribution in [0.25, 0.3) is 0 Å². The number of likely N-dealkylation sites (N-methyl/N-ethyl adjacent to an activating group) is 1. The standard InChI is InChI=1S/C24H36N4O6/c1-26-9-11-27(12-10-26)23(30)13-20-7-8-21-22(34-20)16-33-15-18(29)14-28(21)24(31)25-17-3-5-19(32-2)6-4-17/h3-6,18,20-22,29H,7-16H2,1-2H3,(H,25,31)/t18-,20+,21+,22-/m1/s1. The van der Waals surface area contributed by atoms with Gasteiger partial charge < -0.3 is 39.3 Å². The van der Waals surface area contributed by atoms with Gasteiger partial charge in [0, 0.05) is 31.9 Å². The second-order valence-corrected chi connectivity index (χ2v) is 9.33. The summed E-state index contributed by atoms with van der Waals surface area (Å²) in [5.74, 6) is 0.822. The van der Waals surface area contributed by atoms with Gasteiger partial charge in [0.1, 0.15) is 11.9 Å². The monoisotopic (exact) mass is 476 g/mol. The van der Waals surface area contributed by atoms with Gasteiger partial charge in [0.2, 0.25) is 5.91 Å². The zero-order valence-corrected chi connectivity index (χ0v) is 20.0. The van der Waals surface area contributed by atoms with Crippen molar-refractivity contribution in [3.63, 3.8) is 0 Å². The maximum atomic E-state index is 13.2. The molecule has 3 aliphatic rings. The summed E-state index contributed by atoms with van der Waals surface area (Å²) in [7, 11) is 3.65. The van der Waals surface area contributed by atoms with Crippen molar-refractivity contribution in [3.05, 3.63) is 24.3 Å². The predicted octanol–water partition coefficient (Wildman–Crippen LogP) is 1.00. The molecule has 0 bridgehead atoms. The normalized spacial score (nSPS) is 28.4. The lowest BCUT2D eigenvalue weighted by Crippen LogP contribution is -2.58. The molecule has 10 nitrogen and oxygen atoms in total. The molecule has 34 heavy (non-hydrogen) atoms. The number of piperazine rings is 1. The van der Waals surface area contributed by atoms with Crippen LogP contribution < -0.4 is 10.1 Å². The molecule has 188 valence electrons. The Hall–Kier alpha value is -2.40. The van der Waals surface area contributed by atoms with Crippen molar-refractivity contribution >= 4 is 17.6 Å². The quantitative estimate of drug-likeness (QED) is 0.668. The predicted molar refractivity (Wildman–Crippen MR) is 126 cm³/mol. The topological polar surface area (TPSA) is 104 Å². The number of hydrogen-bond acceptors (Lipinski definition) is 7. The molecule has 0 saturated carbocycles. The summed E-state index contributed by atoms with van der Waals surface area (Å²) in [6.45, 7) is 3.81. The number of rotatable bonds is 4. The Kier molecular flexibility index (Phi) is 8.25. The number of benzene rings is 1. The Bertz CT molecular complexity index is 829. The molecule has 0 unspecified atom stereocenters. The van der Waals surface area contributed by atoms with Crippen LogP contribution in [-0.4, -0.2) is 116 Å². The van der Waals surface area contributed by atoms with Gasteiger partial charge >= 0.3 is 6.03 Å². The van der Waals surface area contributed by atoms with E-state index in [1.807, 2.05) is 4.90 Å². The van der Waals surface area contributed by atoms with E-state index in [2.05, 4.69) is 17.3 Å². The fourth-order valence-electron chi connectivity index (χ4n) is 4.82. The Morgan fingerprint density at radius 3 is 2.56 bits per heavy atom. The van der Waals surface area contributed by atoms with Gasteiger partial charge in [-0.2, -0.15) is 0 Å². The summed E-state index contributed by atoms with van der Waals surface area (Å²) in [5.41, 5.74) is 0.641. The minimum absolute atomic E-state index is 0.118. The lowest BCUT2D eigenvalue weighted by Gasteiger charge is -2.44. The number of amides is 3. The lowest BCUT2D eigenvalue weighted by atomic mass is 9.94. The van der Waals surface area contributed by atoms with Crippen LogP contribution in [0.4, 0.5) is 10.5 Å². The van der Waals surface area contributed by atoms with Gasteiger partial charge in [0.25, 0.3) is 0 Å². The van der Waals surface area contributed by atoms with Crippen molar-refractivity contribution in [3.8, 4) is 5.75 Å². The number of aliphatic hydroxyl groups is 1. The minimum Gasteiger partial charge on any atom is -0.497 e. The van der Waals surface area contributed by atoms with Crippen molar-refractivity contribution in [2.24, 2.45) is 0 Å². The van der Waals surface area contributed by atoms with Crippen LogP contribution in [0.1, 0.15) is 19.3 Å². The molecule has 3 fully saturated rings. The van der Waals surface area contributed by atoms with E-state index in [1.165, 1.54) is 0 Å². The van der Waals surface area contributed by atoms with Crippen LogP contribution in [0.3, 0.4) is 0 Å². The molecule has 3 amide bonds.